The smallest absolute Gasteiger partial charge is 0.339 e. The number of benzene rings is 1. The summed E-state index contributed by atoms with van der Waals surface area (Å²) in [4.78, 5) is 25.1. The third-order valence-corrected chi connectivity index (χ3v) is 3.94. The van der Waals surface area contributed by atoms with E-state index in [1.54, 1.807) is 14.0 Å². The van der Waals surface area contributed by atoms with Crippen molar-refractivity contribution < 1.29 is 19.1 Å². The van der Waals surface area contributed by atoms with Crippen molar-refractivity contribution in [2.45, 2.75) is 39.7 Å². The van der Waals surface area contributed by atoms with Crippen LogP contribution in [0.5, 0.6) is 0 Å². The highest BCUT2D eigenvalue weighted by molar-refractivity contribution is 5.94. The summed E-state index contributed by atoms with van der Waals surface area (Å²) >= 11 is 0. The summed E-state index contributed by atoms with van der Waals surface area (Å²) in [5.41, 5.74) is 1.91. The van der Waals surface area contributed by atoms with Gasteiger partial charge in [0.15, 0.2) is 0 Å². The second-order valence-electron chi connectivity index (χ2n) is 6.98. The maximum Gasteiger partial charge on any atom is 0.339 e. The highest BCUT2D eigenvalue weighted by atomic mass is 16.4. The van der Waals surface area contributed by atoms with Crippen LogP contribution in [0.4, 0.5) is 0 Å². The molecule has 0 unspecified atom stereocenters. The molecule has 5 nitrogen and oxygen atoms in total. The van der Waals surface area contributed by atoms with Gasteiger partial charge in [0.25, 0.3) is 5.91 Å². The predicted molar refractivity (Wildman–Crippen MR) is 91.3 cm³/mol. The SMILES string of the molecule is Cc1oc(CN(C)C(=O)c2ccc(C(C)(C)C)cc2)cc1C(=O)O. The van der Waals surface area contributed by atoms with E-state index in [2.05, 4.69) is 20.8 Å². The Morgan fingerprint density at radius 2 is 1.75 bits per heavy atom. The highest BCUT2D eigenvalue weighted by Gasteiger charge is 2.19. The summed E-state index contributed by atoms with van der Waals surface area (Å²) in [6.45, 7) is 8.17. The molecule has 0 saturated carbocycles. The van der Waals surface area contributed by atoms with Gasteiger partial charge in [0.1, 0.15) is 17.1 Å². The lowest BCUT2D eigenvalue weighted by molar-refractivity contribution is 0.0694. The molecule has 1 aromatic heterocycles. The molecule has 128 valence electrons. The summed E-state index contributed by atoms with van der Waals surface area (Å²) in [6, 6.07) is 9.01. The van der Waals surface area contributed by atoms with Crippen LogP contribution >= 0.6 is 0 Å². The number of amides is 1. The first-order chi connectivity index (χ1) is 11.1. The first kappa shape index (κ1) is 17.8. The van der Waals surface area contributed by atoms with Gasteiger partial charge in [0, 0.05) is 12.6 Å². The Morgan fingerprint density at radius 3 is 2.21 bits per heavy atom. The van der Waals surface area contributed by atoms with Crippen molar-refractivity contribution >= 4 is 11.9 Å². The van der Waals surface area contributed by atoms with Crippen molar-refractivity contribution in [3.63, 3.8) is 0 Å². The molecular formula is C19H23NO4. The molecular weight excluding hydrogens is 306 g/mol. The Morgan fingerprint density at radius 1 is 1.17 bits per heavy atom. The van der Waals surface area contributed by atoms with E-state index >= 15 is 0 Å². The molecule has 0 fully saturated rings. The predicted octanol–water partition coefficient (Wildman–Crippen LogP) is 3.86. The van der Waals surface area contributed by atoms with Gasteiger partial charge < -0.3 is 14.4 Å². The number of carboxylic acid groups (broad SMARTS) is 1. The molecule has 0 aliphatic heterocycles. The van der Waals surface area contributed by atoms with Gasteiger partial charge in [-0.05, 0) is 36.1 Å². The van der Waals surface area contributed by atoms with Crippen LogP contribution in [0.2, 0.25) is 0 Å². The summed E-state index contributed by atoms with van der Waals surface area (Å²) in [6.07, 6.45) is 0. The quantitative estimate of drug-likeness (QED) is 0.924. The second kappa shape index (κ2) is 6.51. The van der Waals surface area contributed by atoms with Crippen LogP contribution in [0.1, 0.15) is 58.6 Å². The van der Waals surface area contributed by atoms with Gasteiger partial charge >= 0.3 is 5.97 Å². The normalized spacial score (nSPS) is 11.4. The van der Waals surface area contributed by atoms with Crippen molar-refractivity contribution in [1.82, 2.24) is 4.90 Å². The van der Waals surface area contributed by atoms with Crippen molar-refractivity contribution in [1.29, 1.82) is 0 Å². The lowest BCUT2D eigenvalue weighted by Crippen LogP contribution is -2.26. The molecule has 0 aliphatic rings. The van der Waals surface area contributed by atoms with Gasteiger partial charge in [-0.1, -0.05) is 32.9 Å². The van der Waals surface area contributed by atoms with Crippen LogP contribution < -0.4 is 0 Å². The Kier molecular flexibility index (Phi) is 4.83. The summed E-state index contributed by atoms with van der Waals surface area (Å²) < 4.78 is 5.42. The van der Waals surface area contributed by atoms with Gasteiger partial charge in [-0.25, -0.2) is 4.79 Å². The van der Waals surface area contributed by atoms with E-state index in [1.807, 2.05) is 24.3 Å². The maximum absolute atomic E-state index is 12.5. The topological polar surface area (TPSA) is 70.8 Å². The molecule has 24 heavy (non-hydrogen) atoms. The number of aryl methyl sites for hydroxylation is 1. The van der Waals surface area contributed by atoms with Gasteiger partial charge in [0.2, 0.25) is 0 Å². The van der Waals surface area contributed by atoms with Crippen LogP contribution in [0.25, 0.3) is 0 Å². The minimum Gasteiger partial charge on any atom is -0.478 e. The standard InChI is InChI=1S/C19H23NO4/c1-12-16(18(22)23)10-15(24-12)11-20(5)17(21)13-6-8-14(9-7-13)19(2,3)4/h6-10H,11H2,1-5H3,(H,22,23). The molecule has 2 aromatic rings. The monoisotopic (exact) mass is 329 g/mol. The van der Waals surface area contributed by atoms with Crippen LogP contribution in [0.3, 0.4) is 0 Å². The zero-order valence-electron chi connectivity index (χ0n) is 14.7. The lowest BCUT2D eigenvalue weighted by atomic mass is 9.86. The average Bonchev–Trinajstić information content (AvgIpc) is 2.86. The average molecular weight is 329 g/mol. The van der Waals surface area contributed by atoms with Crippen LogP contribution in [-0.2, 0) is 12.0 Å². The number of hydrogen-bond acceptors (Lipinski definition) is 3. The van der Waals surface area contributed by atoms with E-state index in [0.29, 0.717) is 17.1 Å². The highest BCUT2D eigenvalue weighted by Crippen LogP contribution is 2.23. The summed E-state index contributed by atoms with van der Waals surface area (Å²) in [5, 5.41) is 9.05. The van der Waals surface area contributed by atoms with E-state index in [4.69, 9.17) is 9.52 Å². The first-order valence-corrected chi connectivity index (χ1v) is 7.78. The molecule has 1 aromatic carbocycles. The molecule has 0 saturated heterocycles. The number of nitrogens with zero attached hydrogens (tertiary/aromatic N) is 1. The Hall–Kier alpha value is -2.56. The maximum atomic E-state index is 12.5. The van der Waals surface area contributed by atoms with Gasteiger partial charge in [0.05, 0.1) is 6.54 Å². The molecule has 1 N–H and O–H groups in total. The molecule has 0 radical (unpaired) electrons. The summed E-state index contributed by atoms with van der Waals surface area (Å²) in [7, 11) is 1.66. The fourth-order valence-electron chi connectivity index (χ4n) is 2.47. The number of carboxylic acids is 1. The number of rotatable bonds is 4. The Labute approximate surface area is 141 Å². The molecule has 1 heterocycles. The van der Waals surface area contributed by atoms with Gasteiger partial charge in [-0.2, -0.15) is 0 Å². The third kappa shape index (κ3) is 3.85. The zero-order chi connectivity index (χ0) is 18.1. The zero-order valence-corrected chi connectivity index (χ0v) is 14.7. The summed E-state index contributed by atoms with van der Waals surface area (Å²) in [5.74, 6) is -0.379. The van der Waals surface area contributed by atoms with E-state index in [0.717, 1.165) is 5.56 Å². The molecule has 5 heteroatoms. The Balaban J connectivity index is 2.12. The molecule has 1 amide bonds. The number of aromatic carboxylic acids is 1. The van der Waals surface area contributed by atoms with Crippen molar-refractivity contribution in [3.05, 3.63) is 58.5 Å². The van der Waals surface area contributed by atoms with Crippen molar-refractivity contribution in [2.75, 3.05) is 7.05 Å². The van der Waals surface area contributed by atoms with E-state index < -0.39 is 5.97 Å². The van der Waals surface area contributed by atoms with E-state index in [1.165, 1.54) is 11.0 Å². The minimum absolute atomic E-state index is 0.0341. The van der Waals surface area contributed by atoms with Crippen LogP contribution in [-0.4, -0.2) is 28.9 Å². The van der Waals surface area contributed by atoms with Crippen molar-refractivity contribution in [2.24, 2.45) is 0 Å². The van der Waals surface area contributed by atoms with E-state index in [9.17, 15) is 9.59 Å². The molecule has 0 spiro atoms. The third-order valence-electron chi connectivity index (χ3n) is 3.94. The number of hydrogen-bond donors (Lipinski definition) is 1. The molecule has 2 rings (SSSR count). The number of carbonyl (C=O) groups is 2. The van der Waals surface area contributed by atoms with Crippen LogP contribution in [0, 0.1) is 6.92 Å². The van der Waals surface area contributed by atoms with Gasteiger partial charge in [-0.15, -0.1) is 0 Å². The van der Waals surface area contributed by atoms with E-state index in [-0.39, 0.29) is 23.4 Å². The fourth-order valence-corrected chi connectivity index (χ4v) is 2.47. The first-order valence-electron chi connectivity index (χ1n) is 7.78. The molecule has 0 atom stereocenters. The Bertz CT molecular complexity index is 751. The molecule has 0 bridgehead atoms. The fraction of sp³-hybridized carbons (Fsp3) is 0.368. The minimum atomic E-state index is -1.03. The number of furan rings is 1. The number of carbonyl (C=O) groups excluding carboxylic acids is 1. The van der Waals surface area contributed by atoms with Crippen LogP contribution in [0.15, 0.2) is 34.7 Å². The lowest BCUT2D eigenvalue weighted by Gasteiger charge is -2.20. The van der Waals surface area contributed by atoms with Gasteiger partial charge in [-0.3, -0.25) is 4.79 Å². The van der Waals surface area contributed by atoms with Crippen molar-refractivity contribution in [3.8, 4) is 0 Å². The molecule has 0 aliphatic carbocycles. The largest absolute Gasteiger partial charge is 0.478 e. The second-order valence-corrected chi connectivity index (χ2v) is 6.98.